The number of amides is 1. The van der Waals surface area contributed by atoms with Gasteiger partial charge in [-0.1, -0.05) is 30.3 Å². The molecular weight excluding hydrogens is 452 g/mol. The van der Waals surface area contributed by atoms with E-state index in [4.69, 9.17) is 10.5 Å². The molecule has 1 aromatic heterocycles. The number of nitrogens with two attached hydrogens (primary N) is 1. The summed E-state index contributed by atoms with van der Waals surface area (Å²) in [4.78, 5) is 23.2. The number of anilines is 2. The first-order valence-electron chi connectivity index (χ1n) is 12.6. The van der Waals surface area contributed by atoms with Crippen LogP contribution in [0.5, 0.6) is 11.5 Å². The van der Waals surface area contributed by atoms with Gasteiger partial charge in [0.05, 0.1) is 5.56 Å². The van der Waals surface area contributed by atoms with Crippen LogP contribution in [0.3, 0.4) is 0 Å². The molecule has 1 aliphatic rings. The maximum absolute atomic E-state index is 12.4. The largest absolute Gasteiger partial charge is 0.457 e. The highest BCUT2D eigenvalue weighted by atomic mass is 16.5. The average Bonchev–Trinajstić information content (AvgIpc) is 2.86. The summed E-state index contributed by atoms with van der Waals surface area (Å²) in [6, 6.07) is 17.8. The molecular formula is C28H36N6O2. The van der Waals surface area contributed by atoms with Crippen molar-refractivity contribution in [2.24, 2.45) is 0 Å². The van der Waals surface area contributed by atoms with Gasteiger partial charge in [-0.15, -0.1) is 0 Å². The first-order valence-corrected chi connectivity index (χ1v) is 12.6. The average molecular weight is 489 g/mol. The summed E-state index contributed by atoms with van der Waals surface area (Å²) in [5.41, 5.74) is 7.99. The fraction of sp³-hybridized carbons (Fsp3) is 0.393. The molecule has 8 nitrogen and oxygen atoms in total. The Morgan fingerprint density at radius 1 is 1.03 bits per heavy atom. The molecule has 0 radical (unpaired) electrons. The van der Waals surface area contributed by atoms with Crippen molar-refractivity contribution in [1.82, 2.24) is 20.2 Å². The number of carbonyl (C=O) groups is 1. The first-order chi connectivity index (χ1) is 17.5. The Balaban J connectivity index is 1.40. The molecule has 1 heterocycles. The molecule has 1 fully saturated rings. The lowest BCUT2D eigenvalue weighted by atomic mass is 9.90. The van der Waals surface area contributed by atoms with Crippen LogP contribution in [0.2, 0.25) is 0 Å². The first kappa shape index (κ1) is 25.4. The van der Waals surface area contributed by atoms with Gasteiger partial charge in [0.15, 0.2) is 0 Å². The van der Waals surface area contributed by atoms with Crippen molar-refractivity contribution < 1.29 is 9.53 Å². The molecule has 2 aromatic carbocycles. The van der Waals surface area contributed by atoms with Gasteiger partial charge in [-0.3, -0.25) is 4.79 Å². The third-order valence-electron chi connectivity index (χ3n) is 6.39. The van der Waals surface area contributed by atoms with Crippen LogP contribution in [0.1, 0.15) is 38.5 Å². The Labute approximate surface area is 213 Å². The van der Waals surface area contributed by atoms with Crippen LogP contribution >= 0.6 is 0 Å². The minimum Gasteiger partial charge on any atom is -0.457 e. The molecule has 1 saturated carbocycles. The van der Waals surface area contributed by atoms with Crippen molar-refractivity contribution in [3.05, 3.63) is 60.9 Å². The van der Waals surface area contributed by atoms with E-state index < -0.39 is 0 Å². The number of hydrogen-bond donors (Lipinski definition) is 3. The smallest absolute Gasteiger partial charge is 0.220 e. The Hall–Kier alpha value is -3.65. The lowest BCUT2D eigenvalue weighted by Crippen LogP contribution is -2.42. The third-order valence-corrected chi connectivity index (χ3v) is 6.39. The van der Waals surface area contributed by atoms with Crippen LogP contribution < -0.4 is 21.1 Å². The fourth-order valence-electron chi connectivity index (χ4n) is 4.61. The zero-order chi connectivity index (χ0) is 25.3. The van der Waals surface area contributed by atoms with E-state index >= 15 is 0 Å². The molecule has 36 heavy (non-hydrogen) atoms. The van der Waals surface area contributed by atoms with E-state index in [0.717, 1.165) is 61.3 Å². The number of nitrogens with zero attached hydrogens (tertiary/aromatic N) is 3. The van der Waals surface area contributed by atoms with Gasteiger partial charge in [-0.25, -0.2) is 9.97 Å². The summed E-state index contributed by atoms with van der Waals surface area (Å²) in [7, 11) is 4.05. The topological polar surface area (TPSA) is 105 Å². The number of ether oxygens (including phenoxy) is 1. The van der Waals surface area contributed by atoms with Gasteiger partial charge in [0.2, 0.25) is 5.91 Å². The number of nitrogen functional groups attached to an aromatic ring is 1. The van der Waals surface area contributed by atoms with Crippen molar-refractivity contribution in [3.8, 4) is 22.6 Å². The van der Waals surface area contributed by atoms with Gasteiger partial charge in [0.1, 0.15) is 29.5 Å². The van der Waals surface area contributed by atoms with Gasteiger partial charge in [-0.2, -0.15) is 0 Å². The number of carbonyl (C=O) groups excluding carboxylic acids is 1. The minimum absolute atomic E-state index is 0.132. The van der Waals surface area contributed by atoms with Gasteiger partial charge in [-0.05, 0) is 82.6 Å². The van der Waals surface area contributed by atoms with Gasteiger partial charge in [0.25, 0.3) is 0 Å². The van der Waals surface area contributed by atoms with E-state index in [1.807, 2.05) is 68.7 Å². The van der Waals surface area contributed by atoms with Crippen molar-refractivity contribution in [2.75, 3.05) is 31.7 Å². The van der Waals surface area contributed by atoms with E-state index in [2.05, 4.69) is 25.5 Å². The lowest BCUT2D eigenvalue weighted by Gasteiger charge is -2.31. The van der Waals surface area contributed by atoms with Crippen molar-refractivity contribution in [1.29, 1.82) is 0 Å². The number of aromatic nitrogens is 2. The van der Waals surface area contributed by atoms with Gasteiger partial charge in [0, 0.05) is 18.5 Å². The zero-order valence-electron chi connectivity index (χ0n) is 21.1. The highest BCUT2D eigenvalue weighted by Gasteiger charge is 2.25. The lowest BCUT2D eigenvalue weighted by molar-refractivity contribution is -0.122. The van der Waals surface area contributed by atoms with Gasteiger partial charge >= 0.3 is 0 Å². The van der Waals surface area contributed by atoms with Crippen LogP contribution in [0, 0.1) is 0 Å². The summed E-state index contributed by atoms with van der Waals surface area (Å²) in [6.07, 6.45) is 6.82. The maximum Gasteiger partial charge on any atom is 0.220 e. The maximum atomic E-state index is 12.4. The molecule has 4 rings (SSSR count). The number of rotatable bonds is 10. The van der Waals surface area contributed by atoms with Crippen LogP contribution in [-0.2, 0) is 4.79 Å². The minimum atomic E-state index is 0.132. The predicted octanol–water partition coefficient (Wildman–Crippen LogP) is 4.70. The number of hydrogen-bond acceptors (Lipinski definition) is 7. The van der Waals surface area contributed by atoms with Gasteiger partial charge < -0.3 is 26.0 Å². The summed E-state index contributed by atoms with van der Waals surface area (Å²) < 4.78 is 5.92. The van der Waals surface area contributed by atoms with Crippen LogP contribution in [0.15, 0.2) is 60.9 Å². The summed E-state index contributed by atoms with van der Waals surface area (Å²) in [5, 5.41) is 6.81. The van der Waals surface area contributed by atoms with Crippen LogP contribution in [-0.4, -0.2) is 53.5 Å². The molecule has 3 aromatic rings. The number of para-hydroxylation sites is 1. The highest BCUT2D eigenvalue weighted by molar-refractivity contribution is 5.83. The second kappa shape index (κ2) is 12.4. The molecule has 4 N–H and O–H groups in total. The standard InChI is InChI=1S/C28H36N6O2/c1-34(2)17-7-12-25(35)32-21-8-6-9-22(18-21)33-28-26(27(29)30-19-31-28)20-13-15-24(16-14-20)36-23-10-4-3-5-11-23/h3-5,10-11,13-16,19,21-22H,6-9,12,17-18H2,1-2H3,(H,32,35)(H3,29,30,31,33)/t21-,22+/m1/s1. The molecule has 190 valence electrons. The molecule has 0 bridgehead atoms. The molecule has 0 unspecified atom stereocenters. The van der Waals surface area contributed by atoms with E-state index in [-0.39, 0.29) is 18.0 Å². The molecule has 0 saturated heterocycles. The van der Waals surface area contributed by atoms with E-state index in [9.17, 15) is 4.79 Å². The summed E-state index contributed by atoms with van der Waals surface area (Å²) in [5.74, 6) is 2.79. The zero-order valence-corrected chi connectivity index (χ0v) is 21.1. The Morgan fingerprint density at radius 2 is 1.75 bits per heavy atom. The quantitative estimate of drug-likeness (QED) is 0.380. The van der Waals surface area contributed by atoms with Crippen molar-refractivity contribution in [2.45, 2.75) is 50.6 Å². The molecule has 1 aliphatic carbocycles. The van der Waals surface area contributed by atoms with E-state index in [1.165, 1.54) is 6.33 Å². The molecule has 2 atom stereocenters. The molecule has 1 amide bonds. The molecule has 0 aliphatic heterocycles. The Morgan fingerprint density at radius 3 is 2.50 bits per heavy atom. The fourth-order valence-corrected chi connectivity index (χ4v) is 4.61. The van der Waals surface area contributed by atoms with Crippen LogP contribution in [0.4, 0.5) is 11.6 Å². The predicted molar refractivity (Wildman–Crippen MR) is 144 cm³/mol. The third kappa shape index (κ3) is 7.18. The monoisotopic (exact) mass is 488 g/mol. The SMILES string of the molecule is CN(C)CCCC(=O)N[C@@H]1CCC[C@H](Nc2ncnc(N)c2-c2ccc(Oc3ccccc3)cc2)C1. The van der Waals surface area contributed by atoms with E-state index in [0.29, 0.717) is 18.1 Å². The summed E-state index contributed by atoms with van der Waals surface area (Å²) in [6.45, 7) is 0.916. The summed E-state index contributed by atoms with van der Waals surface area (Å²) >= 11 is 0. The Bertz CT molecular complexity index is 1120. The van der Waals surface area contributed by atoms with Crippen molar-refractivity contribution >= 4 is 17.5 Å². The second-order valence-corrected chi connectivity index (χ2v) is 9.60. The van der Waals surface area contributed by atoms with E-state index in [1.54, 1.807) is 0 Å². The Kier molecular flexibility index (Phi) is 8.73. The molecule has 8 heteroatoms. The van der Waals surface area contributed by atoms with Crippen molar-refractivity contribution in [3.63, 3.8) is 0 Å². The second-order valence-electron chi connectivity index (χ2n) is 9.60. The normalized spacial score (nSPS) is 17.5. The number of benzene rings is 2. The van der Waals surface area contributed by atoms with Crippen LogP contribution in [0.25, 0.3) is 11.1 Å². The number of nitrogens with one attached hydrogen (secondary N) is 2. The highest BCUT2D eigenvalue weighted by Crippen LogP contribution is 2.34. The molecule has 0 spiro atoms.